The molecule has 1 heterocycles. The van der Waals surface area contributed by atoms with Gasteiger partial charge in [-0.15, -0.1) is 0 Å². The van der Waals surface area contributed by atoms with Crippen LogP contribution < -0.4 is 0 Å². The van der Waals surface area contributed by atoms with Gasteiger partial charge in [0.05, 0.1) is 0 Å². The van der Waals surface area contributed by atoms with E-state index in [4.69, 9.17) is 0 Å². The van der Waals surface area contributed by atoms with E-state index in [2.05, 4.69) is 39.2 Å². The van der Waals surface area contributed by atoms with Gasteiger partial charge in [0, 0.05) is 12.6 Å². The SMILES string of the molecule is C=C(C)CN1CCCC1C(C)(C)C. The van der Waals surface area contributed by atoms with E-state index >= 15 is 0 Å². The Morgan fingerprint density at radius 1 is 1.46 bits per heavy atom. The van der Waals surface area contributed by atoms with Gasteiger partial charge in [-0.1, -0.05) is 32.9 Å². The minimum absolute atomic E-state index is 0.423. The number of likely N-dealkylation sites (tertiary alicyclic amines) is 1. The minimum atomic E-state index is 0.423. The molecule has 1 atom stereocenters. The third-order valence-corrected chi connectivity index (χ3v) is 2.84. The summed E-state index contributed by atoms with van der Waals surface area (Å²) in [5, 5.41) is 0. The van der Waals surface area contributed by atoms with Crippen LogP contribution in [0, 0.1) is 5.41 Å². The maximum atomic E-state index is 3.99. The van der Waals surface area contributed by atoms with Gasteiger partial charge in [0.1, 0.15) is 0 Å². The van der Waals surface area contributed by atoms with E-state index < -0.39 is 0 Å². The third kappa shape index (κ3) is 2.84. The molecule has 76 valence electrons. The zero-order valence-corrected chi connectivity index (χ0v) is 9.56. The lowest BCUT2D eigenvalue weighted by atomic mass is 9.85. The van der Waals surface area contributed by atoms with Crippen LogP contribution in [0.3, 0.4) is 0 Å². The lowest BCUT2D eigenvalue weighted by Gasteiger charge is -2.35. The lowest BCUT2D eigenvalue weighted by molar-refractivity contribution is 0.151. The maximum absolute atomic E-state index is 3.99. The second-order valence-corrected chi connectivity index (χ2v) is 5.45. The number of hydrogen-bond acceptors (Lipinski definition) is 1. The Labute approximate surface area is 82.8 Å². The molecule has 13 heavy (non-hydrogen) atoms. The summed E-state index contributed by atoms with van der Waals surface area (Å²) in [6.45, 7) is 15.5. The smallest absolute Gasteiger partial charge is 0.0190 e. The third-order valence-electron chi connectivity index (χ3n) is 2.84. The van der Waals surface area contributed by atoms with Crippen molar-refractivity contribution in [3.8, 4) is 0 Å². The Kier molecular flexibility index (Phi) is 3.18. The van der Waals surface area contributed by atoms with E-state index in [9.17, 15) is 0 Å². The fourth-order valence-electron chi connectivity index (χ4n) is 2.34. The summed E-state index contributed by atoms with van der Waals surface area (Å²) in [5.41, 5.74) is 1.71. The summed E-state index contributed by atoms with van der Waals surface area (Å²) in [5.74, 6) is 0. The zero-order valence-electron chi connectivity index (χ0n) is 9.56. The van der Waals surface area contributed by atoms with Crippen LogP contribution in [0.25, 0.3) is 0 Å². The zero-order chi connectivity index (χ0) is 10.1. The quantitative estimate of drug-likeness (QED) is 0.592. The summed E-state index contributed by atoms with van der Waals surface area (Å²) in [6, 6.07) is 0.754. The van der Waals surface area contributed by atoms with Crippen molar-refractivity contribution < 1.29 is 0 Å². The predicted octanol–water partition coefficient (Wildman–Crippen LogP) is 3.07. The van der Waals surface area contributed by atoms with Crippen molar-refractivity contribution >= 4 is 0 Å². The van der Waals surface area contributed by atoms with Gasteiger partial charge in [0.2, 0.25) is 0 Å². The van der Waals surface area contributed by atoms with E-state index in [0.717, 1.165) is 12.6 Å². The van der Waals surface area contributed by atoms with Crippen molar-refractivity contribution in [3.05, 3.63) is 12.2 Å². The second kappa shape index (κ2) is 3.83. The monoisotopic (exact) mass is 181 g/mol. The topological polar surface area (TPSA) is 3.24 Å². The Balaban J connectivity index is 2.59. The van der Waals surface area contributed by atoms with Gasteiger partial charge >= 0.3 is 0 Å². The van der Waals surface area contributed by atoms with Gasteiger partial charge in [0.15, 0.2) is 0 Å². The molecule has 1 heteroatoms. The summed E-state index contributed by atoms with van der Waals surface area (Å²) in [6.07, 6.45) is 2.71. The molecule has 0 N–H and O–H groups in total. The van der Waals surface area contributed by atoms with Crippen LogP contribution >= 0.6 is 0 Å². The predicted molar refractivity (Wildman–Crippen MR) is 58.9 cm³/mol. The molecule has 1 rings (SSSR count). The highest BCUT2D eigenvalue weighted by molar-refractivity contribution is 4.97. The fourth-order valence-corrected chi connectivity index (χ4v) is 2.34. The van der Waals surface area contributed by atoms with Crippen LogP contribution in [0.4, 0.5) is 0 Å². The maximum Gasteiger partial charge on any atom is 0.0190 e. The highest BCUT2D eigenvalue weighted by Gasteiger charge is 2.33. The highest BCUT2D eigenvalue weighted by atomic mass is 15.2. The molecule has 1 aliphatic rings. The second-order valence-electron chi connectivity index (χ2n) is 5.45. The van der Waals surface area contributed by atoms with Crippen molar-refractivity contribution in [3.63, 3.8) is 0 Å². The molecule has 1 saturated heterocycles. The van der Waals surface area contributed by atoms with E-state index in [1.54, 1.807) is 0 Å². The van der Waals surface area contributed by atoms with Crippen molar-refractivity contribution in [2.75, 3.05) is 13.1 Å². The Bertz CT molecular complexity index is 188. The molecule has 0 radical (unpaired) electrons. The first-order chi connectivity index (χ1) is 5.91. The van der Waals surface area contributed by atoms with Crippen LogP contribution in [0.1, 0.15) is 40.5 Å². The first kappa shape index (κ1) is 10.8. The molecule has 0 spiro atoms. The number of nitrogens with zero attached hydrogens (tertiary/aromatic N) is 1. The average molecular weight is 181 g/mol. The number of rotatable bonds is 2. The Hall–Kier alpha value is -0.300. The molecule has 0 aromatic carbocycles. The molecular formula is C12H23N. The molecule has 0 amide bonds. The van der Waals surface area contributed by atoms with Crippen molar-refractivity contribution in [1.29, 1.82) is 0 Å². The molecule has 0 aromatic heterocycles. The normalized spacial score (nSPS) is 25.1. The number of hydrogen-bond donors (Lipinski definition) is 0. The molecule has 0 saturated carbocycles. The van der Waals surface area contributed by atoms with Gasteiger partial charge in [-0.3, -0.25) is 4.90 Å². The van der Waals surface area contributed by atoms with Crippen LogP contribution in [0.15, 0.2) is 12.2 Å². The van der Waals surface area contributed by atoms with Crippen LogP contribution in [0.5, 0.6) is 0 Å². The summed E-state index contributed by atoms with van der Waals surface area (Å²) < 4.78 is 0. The molecule has 1 fully saturated rings. The van der Waals surface area contributed by atoms with Crippen LogP contribution in [0.2, 0.25) is 0 Å². The summed E-state index contributed by atoms with van der Waals surface area (Å²) in [7, 11) is 0. The Morgan fingerprint density at radius 2 is 2.08 bits per heavy atom. The van der Waals surface area contributed by atoms with Crippen LogP contribution in [-0.2, 0) is 0 Å². The van der Waals surface area contributed by atoms with E-state index in [-0.39, 0.29) is 0 Å². The van der Waals surface area contributed by atoms with Gasteiger partial charge in [-0.05, 0) is 31.7 Å². The molecule has 1 nitrogen and oxygen atoms in total. The van der Waals surface area contributed by atoms with E-state index in [0.29, 0.717) is 5.41 Å². The molecule has 1 aliphatic heterocycles. The van der Waals surface area contributed by atoms with Crippen molar-refractivity contribution in [1.82, 2.24) is 4.90 Å². The van der Waals surface area contributed by atoms with Gasteiger partial charge in [-0.2, -0.15) is 0 Å². The molecule has 0 aliphatic carbocycles. The molecule has 0 aromatic rings. The lowest BCUT2D eigenvalue weighted by Crippen LogP contribution is -2.39. The Morgan fingerprint density at radius 3 is 2.54 bits per heavy atom. The van der Waals surface area contributed by atoms with E-state index in [1.807, 2.05) is 0 Å². The highest BCUT2D eigenvalue weighted by Crippen LogP contribution is 2.32. The standard InChI is InChI=1S/C12H23N/c1-10(2)9-13-8-6-7-11(13)12(3,4)5/h11H,1,6-9H2,2-5H3. The summed E-state index contributed by atoms with van der Waals surface area (Å²) >= 11 is 0. The minimum Gasteiger partial charge on any atom is -0.296 e. The first-order valence-corrected chi connectivity index (χ1v) is 5.29. The van der Waals surface area contributed by atoms with Crippen molar-refractivity contribution in [2.24, 2.45) is 5.41 Å². The van der Waals surface area contributed by atoms with E-state index in [1.165, 1.54) is 25.0 Å². The van der Waals surface area contributed by atoms with Crippen molar-refractivity contribution in [2.45, 2.75) is 46.6 Å². The summed E-state index contributed by atoms with van der Waals surface area (Å²) in [4.78, 5) is 2.59. The average Bonchev–Trinajstić information content (AvgIpc) is 2.31. The molecule has 0 bridgehead atoms. The molecular weight excluding hydrogens is 158 g/mol. The van der Waals surface area contributed by atoms with Gasteiger partial charge in [0.25, 0.3) is 0 Å². The first-order valence-electron chi connectivity index (χ1n) is 5.29. The molecule has 1 unspecified atom stereocenters. The largest absolute Gasteiger partial charge is 0.296 e. The van der Waals surface area contributed by atoms with Crippen LogP contribution in [-0.4, -0.2) is 24.0 Å². The van der Waals surface area contributed by atoms with Gasteiger partial charge < -0.3 is 0 Å². The fraction of sp³-hybridized carbons (Fsp3) is 0.833. The van der Waals surface area contributed by atoms with Gasteiger partial charge in [-0.25, -0.2) is 0 Å².